The summed E-state index contributed by atoms with van der Waals surface area (Å²) in [5.41, 5.74) is 0.946. The number of alkyl halides is 1. The van der Waals surface area contributed by atoms with Crippen LogP contribution in [0.15, 0.2) is 29.2 Å². The van der Waals surface area contributed by atoms with Gasteiger partial charge >= 0.3 is 0 Å². The van der Waals surface area contributed by atoms with E-state index in [4.69, 9.17) is 11.6 Å². The molecule has 2 atom stereocenters. The second-order valence-corrected chi connectivity index (χ2v) is 11.0. The van der Waals surface area contributed by atoms with Crippen molar-refractivity contribution in [2.24, 2.45) is 0 Å². The Morgan fingerprint density at radius 2 is 1.68 bits per heavy atom. The third-order valence-electron chi connectivity index (χ3n) is 3.62. The zero-order valence-corrected chi connectivity index (χ0v) is 15.1. The lowest BCUT2D eigenvalue weighted by atomic mass is 9.87. The maximum atomic E-state index is 12.3. The van der Waals surface area contributed by atoms with Gasteiger partial charge in [0, 0.05) is 0 Å². The van der Waals surface area contributed by atoms with Gasteiger partial charge in [-0.1, -0.05) is 32.9 Å². The molecule has 124 valence electrons. The lowest BCUT2D eigenvalue weighted by Gasteiger charge is -2.20. The van der Waals surface area contributed by atoms with E-state index in [-0.39, 0.29) is 21.8 Å². The topological polar surface area (TPSA) is 80.3 Å². The Balaban J connectivity index is 2.21. The molecule has 1 aliphatic rings. The van der Waals surface area contributed by atoms with Crippen LogP contribution in [0.3, 0.4) is 0 Å². The zero-order valence-electron chi connectivity index (χ0n) is 12.7. The van der Waals surface area contributed by atoms with E-state index in [1.807, 2.05) is 20.8 Å². The monoisotopic (exact) mass is 365 g/mol. The van der Waals surface area contributed by atoms with Crippen molar-refractivity contribution in [1.82, 2.24) is 4.72 Å². The molecule has 1 saturated heterocycles. The highest BCUT2D eigenvalue weighted by atomic mass is 35.5. The SMILES string of the molecule is CC(C)(C)c1ccc(S(=O)(=O)N[C@@H]2CS(=O)(=O)C[C@@H]2Cl)cc1. The molecular weight excluding hydrogens is 346 g/mol. The van der Waals surface area contributed by atoms with Crippen LogP contribution in [0.4, 0.5) is 0 Å². The van der Waals surface area contributed by atoms with Crippen molar-refractivity contribution >= 4 is 31.5 Å². The molecule has 8 heteroatoms. The maximum Gasteiger partial charge on any atom is 0.240 e. The number of halogens is 1. The summed E-state index contributed by atoms with van der Waals surface area (Å²) in [5, 5.41) is -0.742. The molecular formula is C14H20ClNO4S2. The molecule has 0 saturated carbocycles. The molecule has 1 aromatic carbocycles. The molecule has 1 aromatic rings. The summed E-state index contributed by atoms with van der Waals surface area (Å²) in [6.45, 7) is 6.11. The van der Waals surface area contributed by atoms with Crippen LogP contribution in [-0.4, -0.2) is 39.8 Å². The number of sulfonamides is 1. The molecule has 0 amide bonds. The number of hydrogen-bond donors (Lipinski definition) is 1. The average molecular weight is 366 g/mol. The quantitative estimate of drug-likeness (QED) is 0.826. The highest BCUT2D eigenvalue weighted by Gasteiger charge is 2.38. The van der Waals surface area contributed by atoms with E-state index in [0.717, 1.165) is 5.56 Å². The van der Waals surface area contributed by atoms with Crippen LogP contribution in [-0.2, 0) is 25.3 Å². The second kappa shape index (κ2) is 5.78. The minimum absolute atomic E-state index is 0.0729. The first kappa shape index (κ1) is 17.7. The number of benzene rings is 1. The molecule has 2 rings (SSSR count). The Labute approximate surface area is 137 Å². The number of sulfone groups is 1. The molecule has 1 aliphatic heterocycles. The molecule has 1 N–H and O–H groups in total. The smallest absolute Gasteiger partial charge is 0.229 e. The van der Waals surface area contributed by atoms with Crippen LogP contribution in [0.5, 0.6) is 0 Å². The number of nitrogens with one attached hydrogen (secondary N) is 1. The fraction of sp³-hybridized carbons (Fsp3) is 0.571. The number of hydrogen-bond acceptors (Lipinski definition) is 4. The minimum atomic E-state index is -3.79. The molecule has 0 spiro atoms. The van der Waals surface area contributed by atoms with Gasteiger partial charge in [0.1, 0.15) is 0 Å². The van der Waals surface area contributed by atoms with Gasteiger partial charge in [-0.25, -0.2) is 21.6 Å². The first-order valence-corrected chi connectivity index (χ1v) is 10.6. The average Bonchev–Trinajstić information content (AvgIpc) is 2.60. The van der Waals surface area contributed by atoms with Crippen LogP contribution in [0, 0.1) is 0 Å². The van der Waals surface area contributed by atoms with Crippen molar-refractivity contribution in [2.75, 3.05) is 11.5 Å². The van der Waals surface area contributed by atoms with Gasteiger partial charge in [0.2, 0.25) is 10.0 Å². The first-order chi connectivity index (χ1) is 9.91. The van der Waals surface area contributed by atoms with Crippen molar-refractivity contribution in [3.63, 3.8) is 0 Å². The minimum Gasteiger partial charge on any atom is -0.229 e. The Morgan fingerprint density at radius 3 is 2.09 bits per heavy atom. The molecule has 0 aliphatic carbocycles. The van der Waals surface area contributed by atoms with Crippen LogP contribution >= 0.6 is 11.6 Å². The normalized spacial score (nSPS) is 25.3. The summed E-state index contributed by atoms with van der Waals surface area (Å²) in [4.78, 5) is 0.105. The van der Waals surface area contributed by atoms with E-state index in [1.54, 1.807) is 12.1 Å². The van der Waals surface area contributed by atoms with E-state index in [0.29, 0.717) is 0 Å². The fourth-order valence-electron chi connectivity index (χ4n) is 2.31. The third kappa shape index (κ3) is 4.01. The molecule has 5 nitrogen and oxygen atoms in total. The summed E-state index contributed by atoms with van der Waals surface area (Å²) in [7, 11) is -7.07. The van der Waals surface area contributed by atoms with Gasteiger partial charge in [0.05, 0.1) is 27.8 Å². The van der Waals surface area contributed by atoms with Crippen molar-refractivity contribution in [1.29, 1.82) is 0 Å². The third-order valence-corrected chi connectivity index (χ3v) is 7.50. The van der Waals surface area contributed by atoms with Gasteiger partial charge in [-0.05, 0) is 23.1 Å². The van der Waals surface area contributed by atoms with E-state index < -0.39 is 31.3 Å². The molecule has 1 fully saturated rings. The lowest BCUT2D eigenvalue weighted by molar-refractivity contribution is 0.562. The fourth-order valence-corrected chi connectivity index (χ4v) is 6.32. The van der Waals surface area contributed by atoms with E-state index in [9.17, 15) is 16.8 Å². The Bertz CT molecular complexity index is 749. The zero-order chi connectivity index (χ0) is 16.8. The molecule has 22 heavy (non-hydrogen) atoms. The van der Waals surface area contributed by atoms with E-state index >= 15 is 0 Å². The highest BCUT2D eigenvalue weighted by Crippen LogP contribution is 2.24. The summed E-state index contributed by atoms with van der Waals surface area (Å²) < 4.78 is 50.1. The summed E-state index contributed by atoms with van der Waals surface area (Å²) in [6, 6.07) is 5.78. The Kier molecular flexibility index (Phi) is 4.65. The summed E-state index contributed by atoms with van der Waals surface area (Å²) in [5.74, 6) is -0.467. The van der Waals surface area contributed by atoms with Gasteiger partial charge in [0.25, 0.3) is 0 Å². The van der Waals surface area contributed by atoms with Crippen LogP contribution in [0.1, 0.15) is 26.3 Å². The van der Waals surface area contributed by atoms with Gasteiger partial charge in [0.15, 0.2) is 9.84 Å². The van der Waals surface area contributed by atoms with Crippen LogP contribution in [0.2, 0.25) is 0 Å². The van der Waals surface area contributed by atoms with Gasteiger partial charge < -0.3 is 0 Å². The largest absolute Gasteiger partial charge is 0.240 e. The van der Waals surface area contributed by atoms with E-state index in [2.05, 4.69) is 4.72 Å². The van der Waals surface area contributed by atoms with Crippen molar-refractivity contribution in [3.8, 4) is 0 Å². The maximum absolute atomic E-state index is 12.3. The second-order valence-electron chi connectivity index (χ2n) is 6.60. The summed E-state index contributed by atoms with van der Waals surface area (Å²) >= 11 is 5.94. The van der Waals surface area contributed by atoms with Crippen molar-refractivity contribution in [3.05, 3.63) is 29.8 Å². The molecule has 0 aromatic heterocycles. The predicted molar refractivity (Wildman–Crippen MR) is 87.5 cm³/mol. The molecule has 0 radical (unpaired) electrons. The van der Waals surface area contributed by atoms with Crippen molar-refractivity contribution < 1.29 is 16.8 Å². The van der Waals surface area contributed by atoms with Crippen LogP contribution in [0.25, 0.3) is 0 Å². The highest BCUT2D eigenvalue weighted by molar-refractivity contribution is 7.92. The van der Waals surface area contributed by atoms with Gasteiger partial charge in [-0.2, -0.15) is 0 Å². The Hall–Kier alpha value is -0.630. The molecule has 1 heterocycles. The number of rotatable bonds is 3. The standard InChI is InChI=1S/C14H20ClNO4S2/c1-14(2,3)10-4-6-11(7-5-10)22(19,20)16-13-9-21(17,18)8-12(13)15/h4-7,12-13,16H,8-9H2,1-3H3/t12-,13+/m0/s1. The summed E-state index contributed by atoms with van der Waals surface area (Å²) in [6.07, 6.45) is 0. The first-order valence-electron chi connectivity index (χ1n) is 6.88. The van der Waals surface area contributed by atoms with Gasteiger partial charge in [-0.15, -0.1) is 11.6 Å². The van der Waals surface area contributed by atoms with Crippen LogP contribution < -0.4 is 4.72 Å². The molecule has 0 bridgehead atoms. The predicted octanol–water partition coefficient (Wildman–Crippen LogP) is 1.67. The van der Waals surface area contributed by atoms with E-state index in [1.165, 1.54) is 12.1 Å². The van der Waals surface area contributed by atoms with Crippen molar-refractivity contribution in [2.45, 2.75) is 42.5 Å². The van der Waals surface area contributed by atoms with Gasteiger partial charge in [-0.3, -0.25) is 0 Å². The lowest BCUT2D eigenvalue weighted by Crippen LogP contribution is -2.40. The Morgan fingerprint density at radius 1 is 1.14 bits per heavy atom. The molecule has 0 unspecified atom stereocenters.